The number of likely N-dealkylation sites (tertiary alicyclic amines) is 1. The number of aromatic nitrogens is 2. The number of nitrogens with zero attached hydrogens (tertiary/aromatic N) is 3. The molecule has 8 nitrogen and oxygen atoms in total. The summed E-state index contributed by atoms with van der Waals surface area (Å²) >= 11 is 0. The molecule has 1 saturated heterocycles. The monoisotopic (exact) mass is 454 g/mol. The molecule has 168 valence electrons. The summed E-state index contributed by atoms with van der Waals surface area (Å²) in [6.07, 6.45) is 5.39. The van der Waals surface area contributed by atoms with E-state index in [0.717, 1.165) is 28.2 Å². The van der Waals surface area contributed by atoms with Crippen molar-refractivity contribution in [2.75, 3.05) is 26.7 Å². The van der Waals surface area contributed by atoms with Crippen LogP contribution in [0.15, 0.2) is 53.7 Å². The molecule has 0 atom stereocenters. The number of hydrogen-bond donors (Lipinski definition) is 1. The molecule has 0 bridgehead atoms. The quantitative estimate of drug-likeness (QED) is 0.577. The van der Waals surface area contributed by atoms with E-state index in [1.165, 1.54) is 43.8 Å². The van der Waals surface area contributed by atoms with Crippen molar-refractivity contribution in [2.24, 2.45) is 0 Å². The van der Waals surface area contributed by atoms with E-state index in [4.69, 9.17) is 0 Å². The maximum Gasteiger partial charge on any atom is 0.243 e. The zero-order valence-electron chi connectivity index (χ0n) is 18.1. The fourth-order valence-electron chi connectivity index (χ4n) is 4.17. The Labute approximate surface area is 187 Å². The number of likely N-dealkylation sites (N-methyl/N-ethyl adjacent to an activating group) is 1. The van der Waals surface area contributed by atoms with E-state index in [2.05, 4.69) is 16.0 Å². The maximum absolute atomic E-state index is 12.8. The van der Waals surface area contributed by atoms with Crippen LogP contribution in [0.3, 0.4) is 0 Å². The van der Waals surface area contributed by atoms with Crippen LogP contribution in [0.2, 0.25) is 0 Å². The van der Waals surface area contributed by atoms with Crippen LogP contribution in [0.25, 0.3) is 11.0 Å². The number of nitrogens with one attached hydrogen (secondary N) is 1. The van der Waals surface area contributed by atoms with Crippen molar-refractivity contribution >= 4 is 32.7 Å². The molecule has 0 aliphatic carbocycles. The van der Waals surface area contributed by atoms with Gasteiger partial charge in [-0.15, -0.1) is 0 Å². The van der Waals surface area contributed by atoms with E-state index in [1.54, 1.807) is 11.1 Å². The largest absolute Gasteiger partial charge is 0.346 e. The van der Waals surface area contributed by atoms with Crippen LogP contribution in [0.5, 0.6) is 0 Å². The van der Waals surface area contributed by atoms with Crippen molar-refractivity contribution in [1.82, 2.24) is 19.2 Å². The highest BCUT2D eigenvalue weighted by molar-refractivity contribution is 7.89. The molecule has 4 rings (SSSR count). The molecule has 0 radical (unpaired) electrons. The zero-order chi connectivity index (χ0) is 22.9. The van der Waals surface area contributed by atoms with Crippen LogP contribution in [-0.4, -0.2) is 66.0 Å². The number of amides is 1. The molecule has 1 fully saturated rings. The molecule has 3 heterocycles. The predicted octanol–water partition coefficient (Wildman–Crippen LogP) is 2.79. The smallest absolute Gasteiger partial charge is 0.243 e. The van der Waals surface area contributed by atoms with Gasteiger partial charge in [0, 0.05) is 43.5 Å². The number of rotatable bonds is 6. The standard InChI is InChI=1S/C23H26N4O4S/c1-16(28)17-5-7-19(8-6-17)32(30,31)26(2)15-22(29)27-12-9-18(10-13-27)21-14-25-23-20(21)4-3-11-24-23/h3-8,11,14,18H,9-10,12-13,15H2,1-2H3,(H,24,25). The number of piperidine rings is 1. The first-order valence-corrected chi connectivity index (χ1v) is 12.0. The van der Waals surface area contributed by atoms with Crippen molar-refractivity contribution in [3.63, 3.8) is 0 Å². The molecule has 9 heteroatoms. The summed E-state index contributed by atoms with van der Waals surface area (Å²) in [5.74, 6) is -0.0153. The number of pyridine rings is 1. The van der Waals surface area contributed by atoms with Crippen molar-refractivity contribution in [1.29, 1.82) is 0 Å². The molecule has 3 aromatic rings. The number of carbonyl (C=O) groups is 2. The molecule has 1 aliphatic heterocycles. The first-order chi connectivity index (χ1) is 15.3. The van der Waals surface area contributed by atoms with E-state index < -0.39 is 10.0 Å². The summed E-state index contributed by atoms with van der Waals surface area (Å²) in [5.41, 5.74) is 2.52. The van der Waals surface area contributed by atoms with Crippen LogP contribution >= 0.6 is 0 Å². The molecule has 1 aliphatic rings. The van der Waals surface area contributed by atoms with Gasteiger partial charge in [0.05, 0.1) is 11.4 Å². The fourth-order valence-corrected chi connectivity index (χ4v) is 5.29. The van der Waals surface area contributed by atoms with E-state index in [-0.39, 0.29) is 23.1 Å². The Kier molecular flexibility index (Phi) is 6.12. The van der Waals surface area contributed by atoms with Gasteiger partial charge in [-0.25, -0.2) is 13.4 Å². The second kappa shape index (κ2) is 8.84. The SMILES string of the molecule is CC(=O)c1ccc(S(=O)(=O)N(C)CC(=O)N2CCC(c3c[nH]c4ncccc34)CC2)cc1. The van der Waals surface area contributed by atoms with Gasteiger partial charge in [-0.05, 0) is 55.5 Å². The van der Waals surface area contributed by atoms with Crippen LogP contribution in [0.4, 0.5) is 0 Å². The molecule has 0 spiro atoms. The third-order valence-electron chi connectivity index (χ3n) is 6.10. The number of ketones is 1. The summed E-state index contributed by atoms with van der Waals surface area (Å²) in [5, 5.41) is 1.11. The van der Waals surface area contributed by atoms with Crippen molar-refractivity contribution < 1.29 is 18.0 Å². The van der Waals surface area contributed by atoms with Gasteiger partial charge in [-0.2, -0.15) is 4.31 Å². The van der Waals surface area contributed by atoms with Gasteiger partial charge in [0.25, 0.3) is 0 Å². The van der Waals surface area contributed by atoms with Gasteiger partial charge in [0.15, 0.2) is 5.78 Å². The van der Waals surface area contributed by atoms with E-state index in [9.17, 15) is 18.0 Å². The summed E-state index contributed by atoms with van der Waals surface area (Å²) in [6, 6.07) is 9.73. The Balaban J connectivity index is 1.37. The molecule has 0 saturated carbocycles. The van der Waals surface area contributed by atoms with E-state index in [1.807, 2.05) is 12.3 Å². The van der Waals surface area contributed by atoms with Crippen molar-refractivity contribution in [3.8, 4) is 0 Å². The number of carbonyl (C=O) groups excluding carboxylic acids is 2. The summed E-state index contributed by atoms with van der Waals surface area (Å²) in [4.78, 5) is 33.5. The molecular weight excluding hydrogens is 428 g/mol. The third kappa shape index (κ3) is 4.31. The van der Waals surface area contributed by atoms with Gasteiger partial charge < -0.3 is 9.88 Å². The minimum Gasteiger partial charge on any atom is -0.346 e. The van der Waals surface area contributed by atoms with Crippen LogP contribution in [0, 0.1) is 0 Å². The van der Waals surface area contributed by atoms with Crippen LogP contribution in [0.1, 0.15) is 41.6 Å². The van der Waals surface area contributed by atoms with E-state index >= 15 is 0 Å². The average molecular weight is 455 g/mol. The number of H-pyrrole nitrogens is 1. The number of benzene rings is 1. The molecular formula is C23H26N4O4S. The molecule has 1 amide bonds. The Morgan fingerprint density at radius 2 is 1.84 bits per heavy atom. The molecule has 2 aromatic heterocycles. The lowest BCUT2D eigenvalue weighted by molar-refractivity contribution is -0.132. The number of hydrogen-bond acceptors (Lipinski definition) is 5. The minimum atomic E-state index is -3.82. The minimum absolute atomic E-state index is 0.0597. The summed E-state index contributed by atoms with van der Waals surface area (Å²) < 4.78 is 26.7. The lowest BCUT2D eigenvalue weighted by Gasteiger charge is -2.33. The fraction of sp³-hybridized carbons (Fsp3) is 0.348. The van der Waals surface area contributed by atoms with Gasteiger partial charge >= 0.3 is 0 Å². The van der Waals surface area contributed by atoms with Crippen molar-refractivity contribution in [2.45, 2.75) is 30.6 Å². The van der Waals surface area contributed by atoms with Gasteiger partial charge in [0.2, 0.25) is 15.9 Å². The number of aromatic amines is 1. The second-order valence-electron chi connectivity index (χ2n) is 8.14. The Bertz CT molecular complexity index is 1240. The Morgan fingerprint density at radius 3 is 2.50 bits per heavy atom. The lowest BCUT2D eigenvalue weighted by atomic mass is 9.89. The molecule has 1 N–H and O–H groups in total. The average Bonchev–Trinajstić information content (AvgIpc) is 3.23. The molecule has 1 aromatic carbocycles. The first-order valence-electron chi connectivity index (χ1n) is 10.5. The maximum atomic E-state index is 12.8. The number of Topliss-reactive ketones (excluding diaryl/α,β-unsaturated/α-hetero) is 1. The predicted molar refractivity (Wildman–Crippen MR) is 121 cm³/mol. The van der Waals surface area contributed by atoms with Gasteiger partial charge in [-0.3, -0.25) is 9.59 Å². The Hall–Kier alpha value is -3.04. The summed E-state index contributed by atoms with van der Waals surface area (Å²) in [7, 11) is -2.42. The molecule has 32 heavy (non-hydrogen) atoms. The van der Waals surface area contributed by atoms with Gasteiger partial charge in [0.1, 0.15) is 5.65 Å². The normalized spacial score (nSPS) is 15.4. The molecule has 0 unspecified atom stereocenters. The Morgan fingerprint density at radius 1 is 1.16 bits per heavy atom. The van der Waals surface area contributed by atoms with Gasteiger partial charge in [-0.1, -0.05) is 12.1 Å². The van der Waals surface area contributed by atoms with Crippen LogP contribution < -0.4 is 0 Å². The lowest BCUT2D eigenvalue weighted by Crippen LogP contribution is -2.44. The number of fused-ring (bicyclic) bond motifs is 1. The highest BCUT2D eigenvalue weighted by atomic mass is 32.2. The van der Waals surface area contributed by atoms with E-state index in [0.29, 0.717) is 24.6 Å². The highest BCUT2D eigenvalue weighted by Crippen LogP contribution is 2.32. The van der Waals surface area contributed by atoms with Crippen molar-refractivity contribution in [3.05, 3.63) is 59.9 Å². The second-order valence-corrected chi connectivity index (χ2v) is 10.2. The third-order valence-corrected chi connectivity index (χ3v) is 7.92. The highest BCUT2D eigenvalue weighted by Gasteiger charge is 2.29. The topological polar surface area (TPSA) is 103 Å². The number of sulfonamides is 1. The zero-order valence-corrected chi connectivity index (χ0v) is 18.9. The summed E-state index contributed by atoms with van der Waals surface area (Å²) in [6.45, 7) is 2.36. The first kappa shape index (κ1) is 22.2. The van der Waals surface area contributed by atoms with Crippen LogP contribution in [-0.2, 0) is 14.8 Å².